The summed E-state index contributed by atoms with van der Waals surface area (Å²) in [5.74, 6) is -0.931. The summed E-state index contributed by atoms with van der Waals surface area (Å²) < 4.78 is 15.2. The van der Waals surface area contributed by atoms with Crippen molar-refractivity contribution in [2.45, 2.75) is 20.8 Å². The molecule has 0 aliphatic carbocycles. The zero-order chi connectivity index (χ0) is 22.3. The second-order valence-corrected chi connectivity index (χ2v) is 6.69. The number of H-pyrrole nitrogens is 1. The number of carbonyl (C=O) groups excluding carboxylic acids is 3. The normalized spacial score (nSPS) is 10.4. The zero-order valence-corrected chi connectivity index (χ0v) is 17.8. The van der Waals surface area contributed by atoms with E-state index >= 15 is 0 Å². The van der Waals surface area contributed by atoms with E-state index < -0.39 is 17.8 Å². The van der Waals surface area contributed by atoms with Gasteiger partial charge in [-0.3, -0.25) is 9.59 Å². The molecule has 0 aliphatic rings. The lowest BCUT2D eigenvalue weighted by atomic mass is 10.1. The van der Waals surface area contributed by atoms with Crippen molar-refractivity contribution >= 4 is 23.5 Å². The van der Waals surface area contributed by atoms with Crippen LogP contribution in [0.3, 0.4) is 0 Å². The molecule has 0 saturated carbocycles. The van der Waals surface area contributed by atoms with Crippen LogP contribution in [0.5, 0.6) is 5.75 Å². The fraction of sp³-hybridized carbons (Fsp3) is 0.381. The minimum Gasteiger partial charge on any atom is -0.495 e. The van der Waals surface area contributed by atoms with Crippen molar-refractivity contribution < 1.29 is 28.6 Å². The Kier molecular flexibility index (Phi) is 7.99. The molecule has 162 valence electrons. The number of carbonyl (C=O) groups is 3. The number of amides is 2. The second kappa shape index (κ2) is 10.4. The third-order valence-electron chi connectivity index (χ3n) is 4.43. The first-order valence-corrected chi connectivity index (χ1v) is 9.36. The van der Waals surface area contributed by atoms with E-state index in [4.69, 9.17) is 14.2 Å². The topological polar surface area (TPSA) is 119 Å². The van der Waals surface area contributed by atoms with Gasteiger partial charge in [0.2, 0.25) is 5.91 Å². The standard InChI is InChI=1S/C21H27N3O6/c1-12-6-7-16(29-5)15(10-12)24-17(25)11-22-20(26)19-13(2)18(14(3)23-19)21(27)30-9-8-28-4/h6-7,10,23H,8-9,11H2,1-5H3,(H,22,26)(H,24,25). The van der Waals surface area contributed by atoms with Crippen LogP contribution in [0.25, 0.3) is 0 Å². The number of methoxy groups -OCH3 is 2. The van der Waals surface area contributed by atoms with E-state index in [0.29, 0.717) is 28.3 Å². The molecule has 0 spiro atoms. The number of nitrogens with one attached hydrogen (secondary N) is 3. The first-order chi connectivity index (χ1) is 14.3. The first kappa shape index (κ1) is 23.0. The molecular formula is C21H27N3O6. The Labute approximate surface area is 175 Å². The molecule has 0 aliphatic heterocycles. The van der Waals surface area contributed by atoms with Gasteiger partial charge >= 0.3 is 5.97 Å². The highest BCUT2D eigenvalue weighted by molar-refractivity contribution is 6.02. The predicted molar refractivity (Wildman–Crippen MR) is 111 cm³/mol. The SMILES string of the molecule is COCCOC(=O)c1c(C)[nH]c(C(=O)NCC(=O)Nc2cc(C)ccc2OC)c1C. The van der Waals surface area contributed by atoms with Crippen molar-refractivity contribution in [3.8, 4) is 5.75 Å². The van der Waals surface area contributed by atoms with E-state index in [-0.39, 0.29) is 25.5 Å². The molecule has 0 fully saturated rings. The van der Waals surface area contributed by atoms with Gasteiger partial charge in [0.05, 0.1) is 31.5 Å². The fourth-order valence-electron chi connectivity index (χ4n) is 2.94. The molecule has 9 nitrogen and oxygen atoms in total. The van der Waals surface area contributed by atoms with Crippen molar-refractivity contribution in [2.24, 2.45) is 0 Å². The van der Waals surface area contributed by atoms with Crippen LogP contribution in [0.15, 0.2) is 18.2 Å². The Morgan fingerprint density at radius 3 is 2.47 bits per heavy atom. The lowest BCUT2D eigenvalue weighted by Crippen LogP contribution is -2.33. The molecule has 1 aromatic carbocycles. The number of aromatic amines is 1. The molecule has 1 heterocycles. The summed E-state index contributed by atoms with van der Waals surface area (Å²) in [7, 11) is 3.02. The molecule has 3 N–H and O–H groups in total. The molecule has 2 rings (SSSR count). The van der Waals surface area contributed by atoms with Gasteiger partial charge in [0.1, 0.15) is 18.1 Å². The smallest absolute Gasteiger partial charge is 0.340 e. The number of esters is 1. The van der Waals surface area contributed by atoms with Gasteiger partial charge in [-0.15, -0.1) is 0 Å². The number of rotatable bonds is 9. The fourth-order valence-corrected chi connectivity index (χ4v) is 2.94. The number of benzene rings is 1. The number of anilines is 1. The molecule has 9 heteroatoms. The third kappa shape index (κ3) is 5.60. The van der Waals surface area contributed by atoms with Gasteiger partial charge in [0.15, 0.2) is 0 Å². The molecule has 2 aromatic rings. The van der Waals surface area contributed by atoms with Crippen LogP contribution >= 0.6 is 0 Å². The van der Waals surface area contributed by atoms with Crippen molar-refractivity contribution in [3.63, 3.8) is 0 Å². The van der Waals surface area contributed by atoms with Crippen molar-refractivity contribution in [1.29, 1.82) is 0 Å². The van der Waals surface area contributed by atoms with Gasteiger partial charge in [-0.1, -0.05) is 6.07 Å². The molecule has 0 radical (unpaired) electrons. The van der Waals surface area contributed by atoms with Gasteiger partial charge in [0.25, 0.3) is 5.91 Å². The van der Waals surface area contributed by atoms with E-state index in [2.05, 4.69) is 15.6 Å². The van der Waals surface area contributed by atoms with Gasteiger partial charge in [-0.05, 0) is 44.0 Å². The molecule has 1 aromatic heterocycles. The summed E-state index contributed by atoms with van der Waals surface area (Å²) in [6.07, 6.45) is 0. The Morgan fingerprint density at radius 2 is 1.80 bits per heavy atom. The minimum absolute atomic E-state index is 0.115. The van der Waals surface area contributed by atoms with E-state index in [0.717, 1.165) is 5.56 Å². The Bertz CT molecular complexity index is 935. The highest BCUT2D eigenvalue weighted by Crippen LogP contribution is 2.25. The number of hydrogen-bond donors (Lipinski definition) is 3. The summed E-state index contributed by atoms with van der Waals surface area (Å²) >= 11 is 0. The largest absolute Gasteiger partial charge is 0.495 e. The summed E-state index contributed by atoms with van der Waals surface area (Å²) in [4.78, 5) is 39.9. The molecule has 0 atom stereocenters. The van der Waals surface area contributed by atoms with Crippen molar-refractivity contribution in [1.82, 2.24) is 10.3 Å². The van der Waals surface area contributed by atoms with Gasteiger partial charge in [-0.25, -0.2) is 4.79 Å². The Morgan fingerprint density at radius 1 is 1.07 bits per heavy atom. The average Bonchev–Trinajstić information content (AvgIpc) is 3.00. The Balaban J connectivity index is 2.01. The lowest BCUT2D eigenvalue weighted by Gasteiger charge is -2.11. The van der Waals surface area contributed by atoms with E-state index in [1.165, 1.54) is 14.2 Å². The maximum atomic E-state index is 12.5. The number of hydrogen-bond acceptors (Lipinski definition) is 6. The average molecular weight is 417 g/mol. The summed E-state index contributed by atoms with van der Waals surface area (Å²) in [5, 5.41) is 5.26. The highest BCUT2D eigenvalue weighted by Gasteiger charge is 2.23. The van der Waals surface area contributed by atoms with E-state index in [1.807, 2.05) is 13.0 Å². The van der Waals surface area contributed by atoms with Crippen molar-refractivity contribution in [2.75, 3.05) is 39.3 Å². The van der Waals surface area contributed by atoms with Crippen LogP contribution in [0.4, 0.5) is 5.69 Å². The zero-order valence-electron chi connectivity index (χ0n) is 17.8. The predicted octanol–water partition coefficient (Wildman–Crippen LogP) is 2.12. The van der Waals surface area contributed by atoms with Crippen LogP contribution in [-0.2, 0) is 14.3 Å². The number of aryl methyl sites for hydroxylation is 2. The highest BCUT2D eigenvalue weighted by atomic mass is 16.6. The molecule has 0 unspecified atom stereocenters. The lowest BCUT2D eigenvalue weighted by molar-refractivity contribution is -0.115. The molecule has 30 heavy (non-hydrogen) atoms. The molecule has 0 saturated heterocycles. The van der Waals surface area contributed by atoms with Gasteiger partial charge in [0, 0.05) is 12.8 Å². The summed E-state index contributed by atoms with van der Waals surface area (Å²) in [5.41, 5.74) is 2.93. The third-order valence-corrected chi connectivity index (χ3v) is 4.43. The summed E-state index contributed by atoms with van der Waals surface area (Å²) in [6, 6.07) is 5.39. The Hall–Kier alpha value is -3.33. The maximum Gasteiger partial charge on any atom is 0.340 e. The van der Waals surface area contributed by atoms with Crippen LogP contribution in [0.2, 0.25) is 0 Å². The molecule has 2 amide bonds. The van der Waals surface area contributed by atoms with Gasteiger partial charge < -0.3 is 29.8 Å². The van der Waals surface area contributed by atoms with Crippen LogP contribution in [0, 0.1) is 20.8 Å². The second-order valence-electron chi connectivity index (χ2n) is 6.69. The first-order valence-electron chi connectivity index (χ1n) is 9.36. The number of aromatic nitrogens is 1. The van der Waals surface area contributed by atoms with Crippen LogP contribution in [0.1, 0.15) is 37.7 Å². The quantitative estimate of drug-likeness (QED) is 0.425. The monoisotopic (exact) mass is 417 g/mol. The molecular weight excluding hydrogens is 390 g/mol. The van der Waals surface area contributed by atoms with Crippen LogP contribution in [-0.4, -0.2) is 56.7 Å². The minimum atomic E-state index is -0.540. The maximum absolute atomic E-state index is 12.5. The van der Waals surface area contributed by atoms with Crippen molar-refractivity contribution in [3.05, 3.63) is 46.3 Å². The van der Waals surface area contributed by atoms with Crippen LogP contribution < -0.4 is 15.4 Å². The molecule has 0 bridgehead atoms. The van der Waals surface area contributed by atoms with E-state index in [1.54, 1.807) is 26.0 Å². The summed E-state index contributed by atoms with van der Waals surface area (Å²) in [6.45, 7) is 5.36. The van der Waals surface area contributed by atoms with Gasteiger partial charge in [-0.2, -0.15) is 0 Å². The van der Waals surface area contributed by atoms with E-state index in [9.17, 15) is 14.4 Å². The number of ether oxygens (including phenoxy) is 3.